The highest BCUT2D eigenvalue weighted by molar-refractivity contribution is 9.10. The van der Waals surface area contributed by atoms with Gasteiger partial charge in [0.1, 0.15) is 0 Å². The van der Waals surface area contributed by atoms with E-state index in [-0.39, 0.29) is 0 Å². The molecule has 0 radical (unpaired) electrons. The van der Waals surface area contributed by atoms with Crippen LogP contribution < -0.4 is 0 Å². The van der Waals surface area contributed by atoms with Gasteiger partial charge in [-0.3, -0.25) is 0 Å². The van der Waals surface area contributed by atoms with Crippen LogP contribution in [0.25, 0.3) is 0 Å². The first-order chi connectivity index (χ1) is 8.74. The fourth-order valence-electron chi connectivity index (χ4n) is 3.34. The summed E-state index contributed by atoms with van der Waals surface area (Å²) in [4.78, 5) is 2.68. The zero-order chi connectivity index (χ0) is 12.5. The summed E-state index contributed by atoms with van der Waals surface area (Å²) in [5, 5.41) is 0. The molecule has 0 aromatic heterocycles. The molecule has 2 aliphatic rings. The Labute approximate surface area is 119 Å². The molecular weight excluding hydrogens is 286 g/mol. The van der Waals surface area contributed by atoms with Gasteiger partial charge < -0.3 is 4.90 Å². The van der Waals surface area contributed by atoms with E-state index < -0.39 is 0 Å². The van der Waals surface area contributed by atoms with Crippen LogP contribution in [0, 0.1) is 5.92 Å². The Balaban J connectivity index is 1.48. The lowest BCUT2D eigenvalue weighted by molar-refractivity contribution is 0.260. The SMILES string of the molecule is C[C@@H]1CCCN1CCC1C[C@@H]1c1ccc(Br)cc1. The van der Waals surface area contributed by atoms with Crippen molar-refractivity contribution in [2.24, 2.45) is 5.92 Å². The Hall–Kier alpha value is -0.340. The van der Waals surface area contributed by atoms with E-state index in [0.717, 1.165) is 17.9 Å². The number of likely N-dealkylation sites (tertiary alicyclic amines) is 1. The first kappa shape index (κ1) is 12.7. The fraction of sp³-hybridized carbons (Fsp3) is 0.625. The Morgan fingerprint density at radius 2 is 2.06 bits per heavy atom. The van der Waals surface area contributed by atoms with Crippen LogP contribution in [0.3, 0.4) is 0 Å². The third-order valence-corrected chi connectivity index (χ3v) is 5.23. The smallest absolute Gasteiger partial charge is 0.0175 e. The number of benzene rings is 1. The van der Waals surface area contributed by atoms with E-state index in [0.29, 0.717) is 0 Å². The number of hydrogen-bond donors (Lipinski definition) is 0. The topological polar surface area (TPSA) is 3.24 Å². The second-order valence-corrected chi connectivity index (χ2v) is 6.89. The minimum absolute atomic E-state index is 0.829. The molecule has 1 saturated heterocycles. The highest BCUT2D eigenvalue weighted by atomic mass is 79.9. The summed E-state index contributed by atoms with van der Waals surface area (Å²) in [5.74, 6) is 1.79. The Kier molecular flexibility index (Phi) is 3.76. The van der Waals surface area contributed by atoms with E-state index in [9.17, 15) is 0 Å². The molecule has 0 amide bonds. The summed E-state index contributed by atoms with van der Waals surface area (Å²) in [6.07, 6.45) is 5.61. The zero-order valence-corrected chi connectivity index (χ0v) is 12.7. The van der Waals surface area contributed by atoms with Crippen molar-refractivity contribution in [3.63, 3.8) is 0 Å². The van der Waals surface area contributed by atoms with E-state index in [1.165, 1.54) is 48.8 Å². The maximum absolute atomic E-state index is 3.51. The van der Waals surface area contributed by atoms with Crippen LogP contribution in [-0.2, 0) is 0 Å². The maximum atomic E-state index is 3.51. The molecular formula is C16H22BrN. The predicted octanol–water partition coefficient (Wildman–Crippen LogP) is 4.43. The average Bonchev–Trinajstić information content (AvgIpc) is 3.03. The Bertz CT molecular complexity index is 400. The van der Waals surface area contributed by atoms with Crippen LogP contribution in [0.1, 0.15) is 44.1 Å². The molecule has 2 fully saturated rings. The van der Waals surface area contributed by atoms with Gasteiger partial charge in [-0.25, -0.2) is 0 Å². The fourth-order valence-corrected chi connectivity index (χ4v) is 3.61. The van der Waals surface area contributed by atoms with Crippen molar-refractivity contribution < 1.29 is 0 Å². The van der Waals surface area contributed by atoms with Crippen LogP contribution >= 0.6 is 15.9 Å². The lowest BCUT2D eigenvalue weighted by atomic mass is 10.1. The number of hydrogen-bond acceptors (Lipinski definition) is 1. The van der Waals surface area contributed by atoms with Gasteiger partial charge in [-0.15, -0.1) is 0 Å². The van der Waals surface area contributed by atoms with Gasteiger partial charge in [0.05, 0.1) is 0 Å². The van der Waals surface area contributed by atoms with Crippen LogP contribution in [0.15, 0.2) is 28.7 Å². The van der Waals surface area contributed by atoms with Gasteiger partial charge in [0.25, 0.3) is 0 Å². The molecule has 1 unspecified atom stereocenters. The molecule has 1 saturated carbocycles. The quantitative estimate of drug-likeness (QED) is 0.795. The first-order valence-corrected chi connectivity index (χ1v) is 8.03. The molecule has 0 spiro atoms. The molecule has 3 rings (SSSR count). The summed E-state index contributed by atoms with van der Waals surface area (Å²) in [6.45, 7) is 5.03. The molecule has 1 heterocycles. The van der Waals surface area contributed by atoms with Crippen molar-refractivity contribution in [2.45, 2.75) is 44.6 Å². The minimum atomic E-state index is 0.829. The summed E-state index contributed by atoms with van der Waals surface area (Å²) in [6, 6.07) is 9.75. The molecule has 3 atom stereocenters. The monoisotopic (exact) mass is 307 g/mol. The average molecular weight is 308 g/mol. The van der Waals surface area contributed by atoms with Crippen molar-refractivity contribution in [3.05, 3.63) is 34.3 Å². The van der Waals surface area contributed by atoms with Gasteiger partial charge in [0.15, 0.2) is 0 Å². The van der Waals surface area contributed by atoms with Gasteiger partial charge >= 0.3 is 0 Å². The third-order valence-electron chi connectivity index (χ3n) is 4.70. The number of halogens is 1. The van der Waals surface area contributed by atoms with E-state index in [4.69, 9.17) is 0 Å². The van der Waals surface area contributed by atoms with Crippen molar-refractivity contribution in [1.82, 2.24) is 4.90 Å². The van der Waals surface area contributed by atoms with Gasteiger partial charge in [0.2, 0.25) is 0 Å². The predicted molar refractivity (Wildman–Crippen MR) is 79.9 cm³/mol. The second-order valence-electron chi connectivity index (χ2n) is 5.97. The van der Waals surface area contributed by atoms with Crippen LogP contribution in [-0.4, -0.2) is 24.0 Å². The molecule has 98 valence electrons. The highest BCUT2D eigenvalue weighted by Crippen LogP contribution is 2.49. The molecule has 1 aromatic rings. The molecule has 0 N–H and O–H groups in total. The van der Waals surface area contributed by atoms with E-state index in [1.807, 2.05) is 0 Å². The van der Waals surface area contributed by atoms with E-state index >= 15 is 0 Å². The van der Waals surface area contributed by atoms with E-state index in [1.54, 1.807) is 0 Å². The largest absolute Gasteiger partial charge is 0.301 e. The van der Waals surface area contributed by atoms with Crippen molar-refractivity contribution >= 4 is 15.9 Å². The van der Waals surface area contributed by atoms with Crippen molar-refractivity contribution in [1.29, 1.82) is 0 Å². The van der Waals surface area contributed by atoms with E-state index in [2.05, 4.69) is 52.0 Å². The summed E-state index contributed by atoms with van der Waals surface area (Å²) < 4.78 is 1.19. The van der Waals surface area contributed by atoms with Crippen molar-refractivity contribution in [2.75, 3.05) is 13.1 Å². The van der Waals surface area contributed by atoms with Crippen LogP contribution in [0.5, 0.6) is 0 Å². The molecule has 18 heavy (non-hydrogen) atoms. The number of nitrogens with zero attached hydrogens (tertiary/aromatic N) is 1. The summed E-state index contributed by atoms with van der Waals surface area (Å²) in [5.41, 5.74) is 1.54. The van der Waals surface area contributed by atoms with Gasteiger partial charge in [-0.2, -0.15) is 0 Å². The normalized spacial score (nSPS) is 31.8. The lowest BCUT2D eigenvalue weighted by Gasteiger charge is -2.20. The maximum Gasteiger partial charge on any atom is 0.0175 e. The van der Waals surface area contributed by atoms with Crippen molar-refractivity contribution in [3.8, 4) is 0 Å². The minimum Gasteiger partial charge on any atom is -0.301 e. The molecule has 2 heteroatoms. The molecule has 1 aromatic carbocycles. The second kappa shape index (κ2) is 5.34. The lowest BCUT2D eigenvalue weighted by Crippen LogP contribution is -2.28. The molecule has 1 aliphatic heterocycles. The summed E-state index contributed by atoms with van der Waals surface area (Å²) >= 11 is 3.51. The van der Waals surface area contributed by atoms with Gasteiger partial charge in [0, 0.05) is 10.5 Å². The Morgan fingerprint density at radius 1 is 1.28 bits per heavy atom. The number of rotatable bonds is 4. The van der Waals surface area contributed by atoms with Crippen LogP contribution in [0.2, 0.25) is 0 Å². The van der Waals surface area contributed by atoms with Crippen LogP contribution in [0.4, 0.5) is 0 Å². The Morgan fingerprint density at radius 3 is 2.72 bits per heavy atom. The molecule has 1 nitrogen and oxygen atoms in total. The van der Waals surface area contributed by atoms with Gasteiger partial charge in [-0.1, -0.05) is 28.1 Å². The molecule has 0 bridgehead atoms. The highest BCUT2D eigenvalue weighted by Gasteiger charge is 2.38. The zero-order valence-electron chi connectivity index (χ0n) is 11.1. The first-order valence-electron chi connectivity index (χ1n) is 7.23. The standard InChI is InChI=1S/C16H22BrN/c1-12-3-2-9-18(12)10-8-14-11-16(14)13-4-6-15(17)7-5-13/h4-7,12,14,16H,2-3,8-11H2,1H3/t12-,14?,16-/m1/s1. The molecule has 1 aliphatic carbocycles. The van der Waals surface area contributed by atoms with Gasteiger partial charge in [-0.05, 0) is 75.2 Å². The third kappa shape index (κ3) is 2.80. The summed E-state index contributed by atoms with van der Waals surface area (Å²) in [7, 11) is 0.